The second kappa shape index (κ2) is 7.31. The molecule has 1 amide bonds. The van der Waals surface area contributed by atoms with Crippen LogP contribution in [0.4, 0.5) is 0 Å². The lowest BCUT2D eigenvalue weighted by Gasteiger charge is -2.43. The molecular weight excluding hydrogens is 332 g/mol. The fourth-order valence-corrected chi connectivity index (χ4v) is 3.87. The Kier molecular flexibility index (Phi) is 4.89. The average molecular weight is 356 g/mol. The van der Waals surface area contributed by atoms with E-state index < -0.39 is 5.54 Å². The number of benzene rings is 1. The van der Waals surface area contributed by atoms with E-state index in [1.165, 1.54) is 0 Å². The summed E-state index contributed by atoms with van der Waals surface area (Å²) in [5.41, 5.74) is 1.17. The molecule has 1 spiro atoms. The smallest absolute Gasteiger partial charge is 0.254 e. The molecule has 0 unspecified atom stereocenters. The Morgan fingerprint density at radius 2 is 2.31 bits per heavy atom. The lowest BCUT2D eigenvalue weighted by Crippen LogP contribution is -2.59. The molecular formula is C20H24N2O4. The molecule has 4 rings (SSSR count). The van der Waals surface area contributed by atoms with Crippen LogP contribution in [0.15, 0.2) is 36.5 Å². The molecule has 6 heteroatoms. The summed E-state index contributed by atoms with van der Waals surface area (Å²) in [4.78, 5) is 19.6. The van der Waals surface area contributed by atoms with Gasteiger partial charge in [-0.25, -0.2) is 0 Å². The van der Waals surface area contributed by atoms with Crippen molar-refractivity contribution >= 4 is 16.8 Å². The van der Waals surface area contributed by atoms with Gasteiger partial charge in [0, 0.05) is 36.7 Å². The molecule has 2 saturated heterocycles. The van der Waals surface area contributed by atoms with Gasteiger partial charge in [0.2, 0.25) is 0 Å². The minimum absolute atomic E-state index is 0.00718. The van der Waals surface area contributed by atoms with E-state index in [1.807, 2.05) is 42.2 Å². The molecule has 2 aliphatic heterocycles. The zero-order chi connectivity index (χ0) is 18.0. The van der Waals surface area contributed by atoms with Crippen LogP contribution in [0.5, 0.6) is 0 Å². The maximum absolute atomic E-state index is 13.3. The summed E-state index contributed by atoms with van der Waals surface area (Å²) in [7, 11) is 0. The van der Waals surface area contributed by atoms with E-state index in [0.717, 1.165) is 17.3 Å². The number of carbonyl (C=O) groups is 1. The average Bonchev–Trinajstić information content (AvgIpc) is 3.09. The highest BCUT2D eigenvalue weighted by Crippen LogP contribution is 2.34. The first-order valence-corrected chi connectivity index (χ1v) is 9.16. The molecule has 0 bridgehead atoms. The quantitative estimate of drug-likeness (QED) is 0.841. The number of morpholine rings is 1. The molecule has 0 N–H and O–H groups in total. The van der Waals surface area contributed by atoms with E-state index in [1.54, 1.807) is 6.20 Å². The molecule has 26 heavy (non-hydrogen) atoms. The van der Waals surface area contributed by atoms with Gasteiger partial charge in [-0.2, -0.15) is 0 Å². The molecule has 1 aromatic heterocycles. The number of amides is 1. The molecule has 0 radical (unpaired) electrons. The number of hydrogen-bond donors (Lipinski definition) is 0. The number of rotatable bonds is 4. The lowest BCUT2D eigenvalue weighted by atomic mass is 9.92. The van der Waals surface area contributed by atoms with Gasteiger partial charge in [-0.3, -0.25) is 9.78 Å². The fourth-order valence-electron chi connectivity index (χ4n) is 3.87. The highest BCUT2D eigenvalue weighted by atomic mass is 16.5. The van der Waals surface area contributed by atoms with Crippen molar-refractivity contribution in [1.82, 2.24) is 9.88 Å². The van der Waals surface area contributed by atoms with E-state index in [9.17, 15) is 4.79 Å². The SMILES string of the molecule is CCOC[C@@H]1C[C@]2(COCCN2C(=O)c2ccc3ncccc3c2)CO1. The van der Waals surface area contributed by atoms with Crippen molar-refractivity contribution in [1.29, 1.82) is 0 Å². The van der Waals surface area contributed by atoms with Crippen molar-refractivity contribution in [3.63, 3.8) is 0 Å². The largest absolute Gasteiger partial charge is 0.379 e. The van der Waals surface area contributed by atoms with E-state index in [2.05, 4.69) is 4.98 Å². The Morgan fingerprint density at radius 1 is 1.38 bits per heavy atom. The number of pyridine rings is 1. The van der Waals surface area contributed by atoms with Crippen molar-refractivity contribution in [2.45, 2.75) is 25.0 Å². The predicted octanol–water partition coefficient (Wildman–Crippen LogP) is 2.27. The van der Waals surface area contributed by atoms with Gasteiger partial charge in [-0.05, 0) is 31.2 Å². The minimum Gasteiger partial charge on any atom is -0.379 e. The highest BCUT2D eigenvalue weighted by molar-refractivity contribution is 5.98. The van der Waals surface area contributed by atoms with Crippen LogP contribution >= 0.6 is 0 Å². The summed E-state index contributed by atoms with van der Waals surface area (Å²) in [5, 5.41) is 0.970. The number of fused-ring (bicyclic) bond motifs is 1. The number of hydrogen-bond acceptors (Lipinski definition) is 5. The minimum atomic E-state index is -0.402. The van der Waals surface area contributed by atoms with Crippen molar-refractivity contribution in [3.05, 3.63) is 42.1 Å². The number of nitrogens with zero attached hydrogens (tertiary/aromatic N) is 2. The van der Waals surface area contributed by atoms with E-state index in [0.29, 0.717) is 45.1 Å². The third kappa shape index (κ3) is 3.20. The van der Waals surface area contributed by atoms with E-state index in [-0.39, 0.29) is 12.0 Å². The van der Waals surface area contributed by atoms with Crippen LogP contribution in [0.2, 0.25) is 0 Å². The second-order valence-corrected chi connectivity index (χ2v) is 6.94. The van der Waals surface area contributed by atoms with Crippen LogP contribution in [0.3, 0.4) is 0 Å². The summed E-state index contributed by atoms with van der Waals surface area (Å²) >= 11 is 0. The summed E-state index contributed by atoms with van der Waals surface area (Å²) in [6, 6.07) is 9.54. The number of aromatic nitrogens is 1. The van der Waals surface area contributed by atoms with Crippen LogP contribution in [-0.4, -0.2) is 67.0 Å². The molecule has 0 saturated carbocycles. The first-order chi connectivity index (χ1) is 12.7. The zero-order valence-electron chi connectivity index (χ0n) is 15.0. The Bertz CT molecular complexity index is 796. The molecule has 2 aromatic rings. The van der Waals surface area contributed by atoms with Gasteiger partial charge < -0.3 is 19.1 Å². The molecule has 2 fully saturated rings. The van der Waals surface area contributed by atoms with Crippen molar-refractivity contribution in [2.24, 2.45) is 0 Å². The molecule has 6 nitrogen and oxygen atoms in total. The third-order valence-electron chi connectivity index (χ3n) is 5.20. The van der Waals surface area contributed by atoms with Gasteiger partial charge in [0.25, 0.3) is 5.91 Å². The topological polar surface area (TPSA) is 60.9 Å². The molecule has 3 heterocycles. The van der Waals surface area contributed by atoms with Gasteiger partial charge in [0.15, 0.2) is 0 Å². The standard InChI is InChI=1S/C20H24N2O4/c1-2-24-12-17-11-20(14-26-17)13-25-9-8-22(20)19(23)16-5-6-18-15(10-16)4-3-7-21-18/h3-7,10,17H,2,8-9,11-14H2,1H3/t17-,20-/m0/s1. The van der Waals surface area contributed by atoms with E-state index in [4.69, 9.17) is 14.2 Å². The summed E-state index contributed by atoms with van der Waals surface area (Å²) in [6.07, 6.45) is 2.51. The lowest BCUT2D eigenvalue weighted by molar-refractivity contribution is -0.0559. The normalized spacial score (nSPS) is 25.9. The first kappa shape index (κ1) is 17.4. The predicted molar refractivity (Wildman–Crippen MR) is 97.2 cm³/mol. The second-order valence-electron chi connectivity index (χ2n) is 6.94. The monoisotopic (exact) mass is 356 g/mol. The first-order valence-electron chi connectivity index (χ1n) is 9.16. The Hall–Kier alpha value is -2.02. The summed E-state index contributed by atoms with van der Waals surface area (Å²) in [5.74, 6) is 0.0275. The molecule has 2 aliphatic rings. The van der Waals surface area contributed by atoms with Crippen LogP contribution in [-0.2, 0) is 14.2 Å². The molecule has 1 aromatic carbocycles. The Balaban J connectivity index is 1.58. The molecule has 2 atom stereocenters. The van der Waals surface area contributed by atoms with Crippen LogP contribution < -0.4 is 0 Å². The third-order valence-corrected chi connectivity index (χ3v) is 5.20. The summed E-state index contributed by atoms with van der Waals surface area (Å²) in [6.45, 7) is 5.33. The van der Waals surface area contributed by atoms with Gasteiger partial charge in [0.05, 0.1) is 43.6 Å². The van der Waals surface area contributed by atoms with Gasteiger partial charge >= 0.3 is 0 Å². The fraction of sp³-hybridized carbons (Fsp3) is 0.500. The highest BCUT2D eigenvalue weighted by Gasteiger charge is 2.49. The zero-order valence-corrected chi connectivity index (χ0v) is 15.0. The van der Waals surface area contributed by atoms with Crippen LogP contribution in [0, 0.1) is 0 Å². The van der Waals surface area contributed by atoms with Gasteiger partial charge in [-0.1, -0.05) is 6.07 Å². The molecule has 138 valence electrons. The van der Waals surface area contributed by atoms with Crippen molar-refractivity contribution < 1.29 is 19.0 Å². The van der Waals surface area contributed by atoms with Crippen molar-refractivity contribution in [3.8, 4) is 0 Å². The van der Waals surface area contributed by atoms with Crippen LogP contribution in [0.1, 0.15) is 23.7 Å². The molecule has 0 aliphatic carbocycles. The number of carbonyl (C=O) groups excluding carboxylic acids is 1. The Morgan fingerprint density at radius 3 is 3.19 bits per heavy atom. The van der Waals surface area contributed by atoms with Gasteiger partial charge in [0.1, 0.15) is 0 Å². The maximum atomic E-state index is 13.3. The van der Waals surface area contributed by atoms with E-state index >= 15 is 0 Å². The number of ether oxygens (including phenoxy) is 3. The van der Waals surface area contributed by atoms with Gasteiger partial charge in [-0.15, -0.1) is 0 Å². The maximum Gasteiger partial charge on any atom is 0.254 e. The summed E-state index contributed by atoms with van der Waals surface area (Å²) < 4.78 is 17.2. The Labute approximate surface area is 153 Å². The van der Waals surface area contributed by atoms with Crippen LogP contribution in [0.25, 0.3) is 10.9 Å². The van der Waals surface area contributed by atoms with Crippen molar-refractivity contribution in [2.75, 3.05) is 39.6 Å².